The summed E-state index contributed by atoms with van der Waals surface area (Å²) >= 11 is 0. The lowest BCUT2D eigenvalue weighted by Crippen LogP contribution is -2.41. The summed E-state index contributed by atoms with van der Waals surface area (Å²) in [6.45, 7) is 1.81. The van der Waals surface area contributed by atoms with E-state index in [-0.39, 0.29) is 24.5 Å². The van der Waals surface area contributed by atoms with E-state index in [0.29, 0.717) is 5.75 Å². The van der Waals surface area contributed by atoms with Gasteiger partial charge in [0.05, 0.1) is 12.1 Å². The zero-order valence-corrected chi connectivity index (χ0v) is 11.9. The monoisotopic (exact) mass is 288 g/mol. The number of ether oxygens (including phenoxy) is 1. The Kier molecular flexibility index (Phi) is 4.37. The minimum Gasteiger partial charge on any atom is -0.492 e. The molecular formula is C15H16N2O4. The fraction of sp³-hybridized carbons (Fsp3) is 0.267. The third kappa shape index (κ3) is 3.28. The molecule has 0 radical (unpaired) electrons. The average molecular weight is 288 g/mol. The van der Waals surface area contributed by atoms with Gasteiger partial charge in [0, 0.05) is 13.2 Å². The molecule has 6 nitrogen and oxygen atoms in total. The van der Waals surface area contributed by atoms with Gasteiger partial charge in [0.1, 0.15) is 12.4 Å². The van der Waals surface area contributed by atoms with Crippen LogP contribution in [0.1, 0.15) is 17.3 Å². The number of carbonyl (C=O) groups is 1. The number of nitrogens with zero attached hydrogens (tertiary/aromatic N) is 2. The molecule has 2 aromatic rings. The predicted molar refractivity (Wildman–Crippen MR) is 77.9 cm³/mol. The maximum absolute atomic E-state index is 12.0. The second-order valence-electron chi connectivity index (χ2n) is 4.60. The van der Waals surface area contributed by atoms with Gasteiger partial charge < -0.3 is 4.74 Å². The Morgan fingerprint density at radius 2 is 1.86 bits per heavy atom. The third-order valence-corrected chi connectivity index (χ3v) is 3.08. The fourth-order valence-electron chi connectivity index (χ4n) is 1.91. The number of hydrogen-bond donors (Lipinski definition) is 0. The van der Waals surface area contributed by atoms with E-state index in [1.54, 1.807) is 0 Å². The molecule has 1 heterocycles. The maximum atomic E-state index is 12.0. The van der Waals surface area contributed by atoms with Crippen LogP contribution in [0.4, 0.5) is 0 Å². The Hall–Kier alpha value is -2.63. The van der Waals surface area contributed by atoms with Gasteiger partial charge in [0.2, 0.25) is 0 Å². The summed E-state index contributed by atoms with van der Waals surface area (Å²) < 4.78 is 7.74. The van der Waals surface area contributed by atoms with Gasteiger partial charge in [-0.25, -0.2) is 4.79 Å². The van der Waals surface area contributed by atoms with E-state index in [1.807, 2.05) is 30.3 Å². The molecule has 0 saturated carbocycles. The summed E-state index contributed by atoms with van der Waals surface area (Å²) in [7, 11) is 1.35. The quantitative estimate of drug-likeness (QED) is 0.764. The van der Waals surface area contributed by atoms with Gasteiger partial charge in [-0.05, 0) is 19.1 Å². The summed E-state index contributed by atoms with van der Waals surface area (Å²) in [4.78, 5) is 35.2. The van der Waals surface area contributed by atoms with Crippen molar-refractivity contribution >= 4 is 5.78 Å². The van der Waals surface area contributed by atoms with Crippen molar-refractivity contribution in [3.63, 3.8) is 0 Å². The molecule has 0 spiro atoms. The van der Waals surface area contributed by atoms with Crippen molar-refractivity contribution < 1.29 is 9.53 Å². The Morgan fingerprint density at radius 1 is 1.19 bits per heavy atom. The number of Topliss-reactive ketones (excluding diaryl/α,β-unsaturated/α-hetero) is 1. The first-order valence-corrected chi connectivity index (χ1v) is 6.50. The van der Waals surface area contributed by atoms with Crippen molar-refractivity contribution in [2.45, 2.75) is 13.5 Å². The second kappa shape index (κ2) is 6.21. The summed E-state index contributed by atoms with van der Waals surface area (Å²) in [6.07, 6.45) is 1.29. The molecule has 110 valence electrons. The molecule has 0 bridgehead atoms. The Morgan fingerprint density at radius 3 is 2.48 bits per heavy atom. The first-order valence-electron chi connectivity index (χ1n) is 6.50. The Balaban J connectivity index is 2.19. The van der Waals surface area contributed by atoms with Crippen molar-refractivity contribution in [1.29, 1.82) is 0 Å². The highest BCUT2D eigenvalue weighted by Gasteiger charge is 2.12. The first-order chi connectivity index (χ1) is 10.0. The third-order valence-electron chi connectivity index (χ3n) is 3.08. The van der Waals surface area contributed by atoms with Crippen LogP contribution in [-0.4, -0.2) is 21.5 Å². The van der Waals surface area contributed by atoms with Gasteiger partial charge in [-0.2, -0.15) is 0 Å². The molecule has 0 fully saturated rings. The summed E-state index contributed by atoms with van der Waals surface area (Å²) in [6, 6.07) is 9.20. The van der Waals surface area contributed by atoms with Gasteiger partial charge in [0.15, 0.2) is 5.78 Å². The van der Waals surface area contributed by atoms with Gasteiger partial charge >= 0.3 is 5.69 Å². The Labute approximate surface area is 121 Å². The van der Waals surface area contributed by atoms with Gasteiger partial charge in [-0.3, -0.25) is 18.7 Å². The molecule has 21 heavy (non-hydrogen) atoms. The van der Waals surface area contributed by atoms with E-state index in [2.05, 4.69) is 0 Å². The maximum Gasteiger partial charge on any atom is 0.330 e. The second-order valence-corrected chi connectivity index (χ2v) is 4.60. The predicted octanol–water partition coefficient (Wildman–Crippen LogP) is 0.829. The van der Waals surface area contributed by atoms with Crippen molar-refractivity contribution in [3.8, 4) is 5.75 Å². The summed E-state index contributed by atoms with van der Waals surface area (Å²) in [5.74, 6) is 0.329. The minimum atomic E-state index is -0.576. The lowest BCUT2D eigenvalue weighted by Gasteiger charge is -2.10. The van der Waals surface area contributed by atoms with Crippen LogP contribution in [-0.2, 0) is 13.6 Å². The van der Waals surface area contributed by atoms with E-state index < -0.39 is 11.2 Å². The number of ketones is 1. The van der Waals surface area contributed by atoms with E-state index in [0.717, 1.165) is 4.57 Å². The lowest BCUT2D eigenvalue weighted by molar-refractivity contribution is 0.101. The number of benzene rings is 1. The van der Waals surface area contributed by atoms with Crippen LogP contribution >= 0.6 is 0 Å². The first kappa shape index (κ1) is 14.8. The average Bonchev–Trinajstić information content (AvgIpc) is 2.48. The number of aromatic nitrogens is 2. The number of carbonyl (C=O) groups excluding carboxylic acids is 1. The van der Waals surface area contributed by atoms with Gasteiger partial charge in [0.25, 0.3) is 5.56 Å². The molecule has 0 aliphatic carbocycles. The molecule has 1 aromatic carbocycles. The van der Waals surface area contributed by atoms with E-state index in [9.17, 15) is 14.4 Å². The number of hydrogen-bond acceptors (Lipinski definition) is 4. The van der Waals surface area contributed by atoms with Gasteiger partial charge in [-0.15, -0.1) is 0 Å². The van der Waals surface area contributed by atoms with Crippen LogP contribution in [0.15, 0.2) is 46.1 Å². The van der Waals surface area contributed by atoms with E-state index >= 15 is 0 Å². The smallest absolute Gasteiger partial charge is 0.330 e. The number of para-hydroxylation sites is 1. The van der Waals surface area contributed by atoms with Crippen molar-refractivity contribution in [3.05, 3.63) is 62.9 Å². The van der Waals surface area contributed by atoms with Crippen LogP contribution in [0, 0.1) is 0 Å². The zero-order chi connectivity index (χ0) is 15.4. The van der Waals surface area contributed by atoms with Gasteiger partial charge in [-0.1, -0.05) is 18.2 Å². The van der Waals surface area contributed by atoms with Crippen LogP contribution in [0.25, 0.3) is 0 Å². The molecule has 2 rings (SSSR count). The highest BCUT2D eigenvalue weighted by Crippen LogP contribution is 2.07. The molecule has 0 amide bonds. The molecule has 0 N–H and O–H groups in total. The zero-order valence-electron chi connectivity index (χ0n) is 11.9. The molecule has 0 saturated heterocycles. The lowest BCUT2D eigenvalue weighted by atomic mass is 10.2. The van der Waals surface area contributed by atoms with Crippen LogP contribution in [0.2, 0.25) is 0 Å². The molecular weight excluding hydrogens is 272 g/mol. The van der Waals surface area contributed by atoms with E-state index in [1.165, 1.54) is 24.7 Å². The molecule has 0 unspecified atom stereocenters. The standard InChI is InChI=1S/C15H16N2O4/c1-11(18)13-10-17(15(20)16(2)14(13)19)8-9-21-12-6-4-3-5-7-12/h3-7,10H,8-9H2,1-2H3. The largest absolute Gasteiger partial charge is 0.492 e. The Bertz CT molecular complexity index is 759. The van der Waals surface area contributed by atoms with Crippen LogP contribution in [0.3, 0.4) is 0 Å². The van der Waals surface area contributed by atoms with Crippen molar-refractivity contribution in [2.75, 3.05) is 6.61 Å². The molecule has 0 aliphatic rings. The number of rotatable bonds is 5. The SMILES string of the molecule is CC(=O)c1cn(CCOc2ccccc2)c(=O)n(C)c1=O. The van der Waals surface area contributed by atoms with E-state index in [4.69, 9.17) is 4.74 Å². The molecule has 0 atom stereocenters. The van der Waals surface area contributed by atoms with Crippen LogP contribution in [0.5, 0.6) is 5.75 Å². The highest BCUT2D eigenvalue weighted by atomic mass is 16.5. The normalized spacial score (nSPS) is 10.4. The van der Waals surface area contributed by atoms with Crippen molar-refractivity contribution in [1.82, 2.24) is 9.13 Å². The summed E-state index contributed by atoms with van der Waals surface area (Å²) in [5.41, 5.74) is -1.05. The highest BCUT2D eigenvalue weighted by molar-refractivity contribution is 5.93. The molecule has 0 aliphatic heterocycles. The van der Waals surface area contributed by atoms with Crippen molar-refractivity contribution in [2.24, 2.45) is 7.05 Å². The summed E-state index contributed by atoms with van der Waals surface area (Å²) in [5, 5.41) is 0. The minimum absolute atomic E-state index is 0.00295. The topological polar surface area (TPSA) is 70.3 Å². The molecule has 1 aromatic heterocycles. The fourth-order valence-corrected chi connectivity index (χ4v) is 1.91. The van der Waals surface area contributed by atoms with Crippen LogP contribution < -0.4 is 16.0 Å². The molecule has 6 heteroatoms.